The number of imide groups is 1. The first-order chi connectivity index (χ1) is 7.82. The van der Waals surface area contributed by atoms with Crippen LogP contribution in [0.15, 0.2) is 0 Å². The van der Waals surface area contributed by atoms with Crippen LogP contribution < -0.4 is 0 Å². The van der Waals surface area contributed by atoms with Crippen LogP contribution in [-0.4, -0.2) is 43.3 Å². The molecular weight excluding hydrogens is 245 g/mol. The summed E-state index contributed by atoms with van der Waals surface area (Å²) in [7, 11) is 0. The Morgan fingerprint density at radius 1 is 1.29 bits per heavy atom. The molecule has 92 valence electrons. The predicted octanol–water partition coefficient (Wildman–Crippen LogP) is 0.431. The summed E-state index contributed by atoms with van der Waals surface area (Å²) in [6.45, 7) is -0.669. The number of rotatable bonds is 0. The summed E-state index contributed by atoms with van der Waals surface area (Å²) in [6, 6.07) is 0. The Balaban J connectivity index is 2.44. The molecule has 0 bridgehead atoms. The van der Waals surface area contributed by atoms with Crippen LogP contribution in [0, 0.1) is 0 Å². The molecule has 1 aliphatic heterocycles. The molecular formula is C7H5F3N4O3. The van der Waals surface area contributed by atoms with Crippen LogP contribution in [0.3, 0.4) is 0 Å². The lowest BCUT2D eigenvalue weighted by Crippen LogP contribution is -2.44. The molecule has 1 aliphatic rings. The molecule has 0 fully saturated rings. The number of carboxylic acid groups (broad SMARTS) is 1. The van der Waals surface area contributed by atoms with E-state index in [0.29, 0.717) is 9.47 Å². The van der Waals surface area contributed by atoms with Gasteiger partial charge in [-0.05, 0) is 0 Å². The molecule has 0 aromatic carbocycles. The van der Waals surface area contributed by atoms with Gasteiger partial charge in [-0.2, -0.15) is 13.2 Å². The van der Waals surface area contributed by atoms with Gasteiger partial charge in [0.2, 0.25) is 11.6 Å². The molecule has 2 rings (SSSR count). The number of nitrogens with zero attached hydrogens (tertiary/aromatic N) is 4. The van der Waals surface area contributed by atoms with Crippen LogP contribution in [0.1, 0.15) is 16.4 Å². The summed E-state index contributed by atoms with van der Waals surface area (Å²) in [4.78, 5) is 22.4. The van der Waals surface area contributed by atoms with E-state index < -0.39 is 29.8 Å². The average Bonchev–Trinajstić information content (AvgIpc) is 2.61. The Morgan fingerprint density at radius 2 is 1.94 bits per heavy atom. The summed E-state index contributed by atoms with van der Waals surface area (Å²) < 4.78 is 37.9. The molecule has 0 radical (unpaired) electrons. The molecule has 2 heterocycles. The molecule has 1 N–H and O–H groups in total. The van der Waals surface area contributed by atoms with Gasteiger partial charge >= 0.3 is 18.2 Å². The minimum absolute atomic E-state index is 0.310. The Hall–Kier alpha value is -2.13. The zero-order valence-corrected chi connectivity index (χ0v) is 8.10. The van der Waals surface area contributed by atoms with Gasteiger partial charge in [-0.15, -0.1) is 10.2 Å². The van der Waals surface area contributed by atoms with Gasteiger partial charge in [0, 0.05) is 6.54 Å². The molecule has 2 amide bonds. The standard InChI is InChI=1S/C7H5F3N4O3/c8-7(9,10)5-12-11-3-4(15)14(6(16)17)2-1-13(3)5/h1-2H2,(H,16,17). The quantitative estimate of drug-likeness (QED) is 0.721. The Kier molecular flexibility index (Phi) is 2.29. The lowest BCUT2D eigenvalue weighted by atomic mass is 10.3. The topological polar surface area (TPSA) is 88.3 Å². The highest BCUT2D eigenvalue weighted by Crippen LogP contribution is 2.29. The van der Waals surface area contributed by atoms with E-state index in [2.05, 4.69) is 10.2 Å². The van der Waals surface area contributed by atoms with E-state index in [0.717, 1.165) is 0 Å². The first-order valence-corrected chi connectivity index (χ1v) is 4.37. The number of carbonyl (C=O) groups is 2. The zero-order chi connectivity index (χ0) is 12.8. The number of hydrogen-bond donors (Lipinski definition) is 1. The minimum Gasteiger partial charge on any atom is -0.465 e. The fourth-order valence-corrected chi connectivity index (χ4v) is 1.49. The average molecular weight is 250 g/mol. The van der Waals surface area contributed by atoms with E-state index in [1.807, 2.05) is 0 Å². The largest absolute Gasteiger partial charge is 0.465 e. The Morgan fingerprint density at radius 3 is 2.47 bits per heavy atom. The Labute approximate surface area is 91.5 Å². The van der Waals surface area contributed by atoms with Crippen molar-refractivity contribution >= 4 is 12.0 Å². The molecule has 0 saturated heterocycles. The highest BCUT2D eigenvalue weighted by molar-refractivity contribution is 6.00. The maximum atomic E-state index is 12.4. The van der Waals surface area contributed by atoms with Gasteiger partial charge in [-0.25, -0.2) is 9.69 Å². The fourth-order valence-electron chi connectivity index (χ4n) is 1.49. The second kappa shape index (κ2) is 3.43. The lowest BCUT2D eigenvalue weighted by molar-refractivity contribution is -0.147. The van der Waals surface area contributed by atoms with Crippen LogP contribution >= 0.6 is 0 Å². The van der Waals surface area contributed by atoms with Gasteiger partial charge in [0.25, 0.3) is 0 Å². The maximum Gasteiger partial charge on any atom is 0.451 e. The molecule has 1 aromatic rings. The van der Waals surface area contributed by atoms with Crippen molar-refractivity contribution in [1.29, 1.82) is 0 Å². The van der Waals surface area contributed by atoms with Crippen molar-refractivity contribution in [3.05, 3.63) is 11.6 Å². The summed E-state index contributed by atoms with van der Waals surface area (Å²) in [5, 5.41) is 14.6. The molecule has 17 heavy (non-hydrogen) atoms. The number of halogens is 3. The van der Waals surface area contributed by atoms with Crippen molar-refractivity contribution in [3.63, 3.8) is 0 Å². The molecule has 1 aromatic heterocycles. The van der Waals surface area contributed by atoms with Crippen LogP contribution in [0.4, 0.5) is 18.0 Å². The molecule has 0 aliphatic carbocycles. The van der Waals surface area contributed by atoms with Gasteiger partial charge < -0.3 is 5.11 Å². The number of alkyl halides is 3. The second-order valence-electron chi connectivity index (χ2n) is 3.24. The number of fused-ring (bicyclic) bond motifs is 1. The maximum absolute atomic E-state index is 12.4. The Bertz CT molecular complexity index is 495. The summed E-state index contributed by atoms with van der Waals surface area (Å²) >= 11 is 0. The van der Waals surface area contributed by atoms with Crippen molar-refractivity contribution in [1.82, 2.24) is 19.7 Å². The van der Waals surface area contributed by atoms with E-state index in [9.17, 15) is 22.8 Å². The van der Waals surface area contributed by atoms with Crippen molar-refractivity contribution in [2.24, 2.45) is 0 Å². The van der Waals surface area contributed by atoms with E-state index in [-0.39, 0.29) is 13.1 Å². The van der Waals surface area contributed by atoms with Crippen LogP contribution in [0.5, 0.6) is 0 Å². The van der Waals surface area contributed by atoms with Gasteiger partial charge in [-0.3, -0.25) is 9.36 Å². The van der Waals surface area contributed by atoms with E-state index in [1.54, 1.807) is 0 Å². The molecule has 7 nitrogen and oxygen atoms in total. The number of amides is 2. The molecule has 0 atom stereocenters. The van der Waals surface area contributed by atoms with E-state index in [1.165, 1.54) is 0 Å². The second-order valence-corrected chi connectivity index (χ2v) is 3.24. The third-order valence-electron chi connectivity index (χ3n) is 2.22. The normalized spacial score (nSPS) is 15.9. The SMILES string of the molecule is O=C(O)N1CCn2c(nnc2C(F)(F)F)C1=O. The highest BCUT2D eigenvalue weighted by Gasteiger charge is 2.42. The highest BCUT2D eigenvalue weighted by atomic mass is 19.4. The van der Waals surface area contributed by atoms with Crippen molar-refractivity contribution in [2.45, 2.75) is 12.7 Å². The van der Waals surface area contributed by atoms with Crippen LogP contribution in [0.2, 0.25) is 0 Å². The first kappa shape index (κ1) is 11.4. The zero-order valence-electron chi connectivity index (χ0n) is 8.10. The van der Waals surface area contributed by atoms with Crippen LogP contribution in [0.25, 0.3) is 0 Å². The molecule has 0 unspecified atom stereocenters. The smallest absolute Gasteiger partial charge is 0.451 e. The summed E-state index contributed by atoms with van der Waals surface area (Å²) in [6.07, 6.45) is -6.26. The van der Waals surface area contributed by atoms with Gasteiger partial charge in [0.05, 0.1) is 6.54 Å². The van der Waals surface area contributed by atoms with Gasteiger partial charge in [-0.1, -0.05) is 0 Å². The van der Waals surface area contributed by atoms with Gasteiger partial charge in [0.15, 0.2) is 0 Å². The summed E-state index contributed by atoms with van der Waals surface area (Å²) in [5.74, 6) is -3.02. The first-order valence-electron chi connectivity index (χ1n) is 4.37. The third-order valence-corrected chi connectivity index (χ3v) is 2.22. The fraction of sp³-hybridized carbons (Fsp3) is 0.429. The number of hydrogen-bond acceptors (Lipinski definition) is 4. The van der Waals surface area contributed by atoms with E-state index in [4.69, 9.17) is 5.11 Å². The minimum atomic E-state index is -4.73. The monoisotopic (exact) mass is 250 g/mol. The van der Waals surface area contributed by atoms with Crippen molar-refractivity contribution in [2.75, 3.05) is 6.54 Å². The van der Waals surface area contributed by atoms with Crippen molar-refractivity contribution < 1.29 is 27.9 Å². The van der Waals surface area contributed by atoms with E-state index >= 15 is 0 Å². The number of carbonyl (C=O) groups excluding carboxylic acids is 1. The predicted molar refractivity (Wildman–Crippen MR) is 44.1 cm³/mol. The molecule has 10 heteroatoms. The van der Waals surface area contributed by atoms with Crippen molar-refractivity contribution in [3.8, 4) is 0 Å². The molecule has 0 saturated carbocycles. The lowest BCUT2D eigenvalue weighted by Gasteiger charge is -2.23. The van der Waals surface area contributed by atoms with Crippen LogP contribution in [-0.2, 0) is 12.7 Å². The molecule has 0 spiro atoms. The van der Waals surface area contributed by atoms with Gasteiger partial charge in [0.1, 0.15) is 0 Å². The number of aromatic nitrogens is 3. The third kappa shape index (κ3) is 1.70. The summed E-state index contributed by atoms with van der Waals surface area (Å²) in [5.41, 5.74) is 0.